The van der Waals surface area contributed by atoms with Crippen LogP contribution in [0.1, 0.15) is 46.2 Å². The first kappa shape index (κ1) is 25.6. The first-order chi connectivity index (χ1) is 20.1. The topological polar surface area (TPSA) is 33.6 Å². The molecule has 5 aromatic rings. The third kappa shape index (κ3) is 5.03. The second-order valence-electron chi connectivity index (χ2n) is 11.0. The van der Waals surface area contributed by atoms with E-state index in [1.165, 1.54) is 22.4 Å². The summed E-state index contributed by atoms with van der Waals surface area (Å²) in [6, 6.07) is 35.9. The van der Waals surface area contributed by atoms with Gasteiger partial charge in [-0.25, -0.2) is 0 Å². The van der Waals surface area contributed by atoms with Gasteiger partial charge in [0.25, 0.3) is 0 Å². The molecule has 3 nitrogen and oxygen atoms in total. The molecule has 0 radical (unpaired) electrons. The molecule has 0 fully saturated rings. The molecule has 0 saturated heterocycles. The molecular weight excluding hydrogens is 524 g/mol. The summed E-state index contributed by atoms with van der Waals surface area (Å²) in [4.78, 5) is 4.89. The fraction of sp³-hybridized carbons (Fsp3) is 0.162. The number of benzene rings is 5. The fourth-order valence-corrected chi connectivity index (χ4v) is 6.45. The van der Waals surface area contributed by atoms with Crippen molar-refractivity contribution in [3.05, 3.63) is 148 Å². The maximum atomic E-state index is 6.38. The number of hydrogen-bond donors (Lipinski definition) is 1. The van der Waals surface area contributed by atoms with Gasteiger partial charge in [0, 0.05) is 34.0 Å². The number of aryl methyl sites for hydroxylation is 1. The SMILES string of the molecule is Cc1ccc2c(c1)[C@@H]1C=CC[C@@H]1[C@@H](c1ccc(N=Cc3c(OCc4ccccc4Cl)ccc4ccccc34)cc1)N2. The molecule has 1 aliphatic heterocycles. The second-order valence-corrected chi connectivity index (χ2v) is 11.4. The van der Waals surface area contributed by atoms with Gasteiger partial charge in [0.1, 0.15) is 12.4 Å². The van der Waals surface area contributed by atoms with Gasteiger partial charge in [-0.1, -0.05) is 102 Å². The van der Waals surface area contributed by atoms with E-state index < -0.39 is 0 Å². The normalized spacial score (nSPS) is 19.2. The number of fused-ring (bicyclic) bond motifs is 4. The molecule has 3 atom stereocenters. The lowest BCUT2D eigenvalue weighted by molar-refractivity contribution is 0.306. The fourth-order valence-electron chi connectivity index (χ4n) is 6.26. The Morgan fingerprint density at radius 1 is 0.927 bits per heavy atom. The molecule has 0 amide bonds. The van der Waals surface area contributed by atoms with E-state index in [4.69, 9.17) is 21.3 Å². The van der Waals surface area contributed by atoms with Crippen LogP contribution in [0.25, 0.3) is 10.8 Å². The van der Waals surface area contributed by atoms with Gasteiger partial charge in [-0.15, -0.1) is 0 Å². The molecule has 41 heavy (non-hydrogen) atoms. The molecule has 2 aliphatic rings. The summed E-state index contributed by atoms with van der Waals surface area (Å²) in [6.45, 7) is 2.56. The van der Waals surface area contributed by atoms with E-state index in [1.54, 1.807) is 0 Å². The second kappa shape index (κ2) is 10.9. The predicted octanol–water partition coefficient (Wildman–Crippen LogP) is 9.96. The molecule has 5 aromatic carbocycles. The average Bonchev–Trinajstić information content (AvgIpc) is 3.50. The molecule has 0 spiro atoms. The van der Waals surface area contributed by atoms with E-state index in [2.05, 4.69) is 91.1 Å². The monoisotopic (exact) mass is 554 g/mol. The zero-order valence-corrected chi connectivity index (χ0v) is 23.7. The number of allylic oxidation sites excluding steroid dienone is 2. The zero-order valence-electron chi connectivity index (χ0n) is 22.9. The summed E-state index contributed by atoms with van der Waals surface area (Å²) in [7, 11) is 0. The Morgan fingerprint density at radius 3 is 2.63 bits per heavy atom. The van der Waals surface area contributed by atoms with Crippen molar-refractivity contribution in [2.75, 3.05) is 5.32 Å². The quantitative estimate of drug-likeness (QED) is 0.167. The van der Waals surface area contributed by atoms with Crippen molar-refractivity contribution in [3.8, 4) is 5.75 Å². The van der Waals surface area contributed by atoms with Crippen LogP contribution in [0.2, 0.25) is 5.02 Å². The molecule has 0 aromatic heterocycles. The van der Waals surface area contributed by atoms with Crippen LogP contribution in [0.15, 0.2) is 120 Å². The first-order valence-electron chi connectivity index (χ1n) is 14.2. The van der Waals surface area contributed by atoms with Crippen LogP contribution in [0.5, 0.6) is 5.75 Å². The highest BCUT2D eigenvalue weighted by Crippen LogP contribution is 2.50. The van der Waals surface area contributed by atoms with Crippen molar-refractivity contribution in [2.24, 2.45) is 10.9 Å². The molecule has 0 bridgehead atoms. The highest BCUT2D eigenvalue weighted by atomic mass is 35.5. The third-order valence-electron chi connectivity index (χ3n) is 8.38. The molecular formula is C37H31ClN2O. The highest BCUT2D eigenvalue weighted by Gasteiger charge is 2.37. The predicted molar refractivity (Wildman–Crippen MR) is 171 cm³/mol. The van der Waals surface area contributed by atoms with Gasteiger partial charge in [0.15, 0.2) is 0 Å². The number of hydrogen-bond acceptors (Lipinski definition) is 3. The van der Waals surface area contributed by atoms with Gasteiger partial charge in [-0.05, 0) is 71.5 Å². The Labute approximate surface area is 246 Å². The first-order valence-corrected chi connectivity index (χ1v) is 14.6. The third-order valence-corrected chi connectivity index (χ3v) is 8.75. The van der Waals surface area contributed by atoms with Crippen molar-refractivity contribution in [2.45, 2.75) is 31.9 Å². The Kier molecular flexibility index (Phi) is 6.82. The number of nitrogens with zero attached hydrogens (tertiary/aromatic N) is 1. The maximum Gasteiger partial charge on any atom is 0.129 e. The average molecular weight is 555 g/mol. The lowest BCUT2D eigenvalue weighted by atomic mass is 9.76. The highest BCUT2D eigenvalue weighted by molar-refractivity contribution is 6.31. The number of rotatable bonds is 6. The number of anilines is 1. The van der Waals surface area contributed by atoms with Crippen LogP contribution in [-0.2, 0) is 6.61 Å². The maximum absolute atomic E-state index is 6.38. The van der Waals surface area contributed by atoms with Crippen LogP contribution in [-0.4, -0.2) is 6.21 Å². The van der Waals surface area contributed by atoms with Gasteiger partial charge in [0.05, 0.1) is 11.7 Å². The molecule has 7 rings (SSSR count). The van der Waals surface area contributed by atoms with Crippen molar-refractivity contribution >= 4 is 40.0 Å². The van der Waals surface area contributed by atoms with Crippen molar-refractivity contribution in [3.63, 3.8) is 0 Å². The van der Waals surface area contributed by atoms with E-state index in [-0.39, 0.29) is 6.04 Å². The van der Waals surface area contributed by atoms with E-state index in [0.29, 0.717) is 23.5 Å². The van der Waals surface area contributed by atoms with Crippen LogP contribution in [0, 0.1) is 12.8 Å². The molecule has 0 unspecified atom stereocenters. The number of ether oxygens (including phenoxy) is 1. The van der Waals surface area contributed by atoms with Crippen LogP contribution < -0.4 is 10.1 Å². The van der Waals surface area contributed by atoms with Crippen LogP contribution in [0.3, 0.4) is 0 Å². The van der Waals surface area contributed by atoms with Gasteiger partial charge < -0.3 is 10.1 Å². The molecule has 1 heterocycles. The van der Waals surface area contributed by atoms with Gasteiger partial charge >= 0.3 is 0 Å². The molecule has 0 saturated carbocycles. The summed E-state index contributed by atoms with van der Waals surface area (Å²) in [5.74, 6) is 1.76. The van der Waals surface area contributed by atoms with Gasteiger partial charge in [0.2, 0.25) is 0 Å². The van der Waals surface area contributed by atoms with Gasteiger partial charge in [-0.3, -0.25) is 4.99 Å². The number of halogens is 1. The minimum Gasteiger partial charge on any atom is -0.488 e. The summed E-state index contributed by atoms with van der Waals surface area (Å²) in [5.41, 5.74) is 8.09. The molecule has 4 heteroatoms. The van der Waals surface area contributed by atoms with E-state index >= 15 is 0 Å². The smallest absolute Gasteiger partial charge is 0.129 e. The van der Waals surface area contributed by atoms with Crippen LogP contribution >= 0.6 is 11.6 Å². The Balaban J connectivity index is 1.16. The number of aliphatic imine (C=N–C) groups is 1. The molecule has 1 aliphatic carbocycles. The number of nitrogens with one attached hydrogen (secondary N) is 1. The lowest BCUT2D eigenvalue weighted by Gasteiger charge is -2.37. The van der Waals surface area contributed by atoms with Crippen LogP contribution in [0.4, 0.5) is 11.4 Å². The van der Waals surface area contributed by atoms with Crippen molar-refractivity contribution < 1.29 is 4.74 Å². The summed E-state index contributed by atoms with van der Waals surface area (Å²) < 4.78 is 6.29. The molecule has 1 N–H and O–H groups in total. The standard InChI is InChI=1S/C37H31ClN2O/c1-24-13-19-35-32(21-24)30-10-6-11-31(30)37(40-35)26-14-17-28(18-15-26)39-22-33-29-9-4-2-7-25(29)16-20-36(33)41-23-27-8-3-5-12-34(27)38/h2-10,12-22,30-31,37,40H,11,23H2,1H3/t30-,31+,37-/m1/s1. The largest absolute Gasteiger partial charge is 0.488 e. The van der Waals surface area contributed by atoms with E-state index in [0.717, 1.165) is 39.8 Å². The summed E-state index contributed by atoms with van der Waals surface area (Å²) in [5, 5.41) is 6.79. The Hall–Kier alpha value is -4.34. The lowest BCUT2D eigenvalue weighted by Crippen LogP contribution is -2.29. The molecule has 202 valence electrons. The Bertz CT molecular complexity index is 1790. The minimum absolute atomic E-state index is 0.270. The van der Waals surface area contributed by atoms with Crippen molar-refractivity contribution in [1.82, 2.24) is 0 Å². The Morgan fingerprint density at radius 2 is 1.76 bits per heavy atom. The van der Waals surface area contributed by atoms with Gasteiger partial charge in [-0.2, -0.15) is 0 Å². The summed E-state index contributed by atoms with van der Waals surface area (Å²) >= 11 is 6.38. The van der Waals surface area contributed by atoms with E-state index in [9.17, 15) is 0 Å². The van der Waals surface area contributed by atoms with E-state index in [1.807, 2.05) is 42.6 Å². The summed E-state index contributed by atoms with van der Waals surface area (Å²) in [6.07, 6.45) is 7.75. The van der Waals surface area contributed by atoms with Crippen molar-refractivity contribution in [1.29, 1.82) is 0 Å². The minimum atomic E-state index is 0.270. The zero-order chi connectivity index (χ0) is 27.8.